The number of nitrogens with zero attached hydrogens (tertiary/aromatic N) is 2. The summed E-state index contributed by atoms with van der Waals surface area (Å²) in [5.74, 6) is 0.809. The Labute approximate surface area is 127 Å². The third-order valence-electron chi connectivity index (χ3n) is 2.89. The first-order chi connectivity index (χ1) is 9.76. The van der Waals surface area contributed by atoms with Gasteiger partial charge in [-0.05, 0) is 24.0 Å². The largest absolute Gasteiger partial charge is 0.235 e. The fourth-order valence-corrected chi connectivity index (χ4v) is 2.30. The first-order valence-corrected chi connectivity index (χ1v) is 7.19. The minimum atomic E-state index is -0.292. The molecule has 0 aromatic heterocycles. The molecule has 20 heavy (non-hydrogen) atoms. The molecule has 0 N–H and O–H groups in total. The summed E-state index contributed by atoms with van der Waals surface area (Å²) < 4.78 is 0. The van der Waals surface area contributed by atoms with E-state index in [0.29, 0.717) is 24.6 Å². The van der Waals surface area contributed by atoms with Gasteiger partial charge in [-0.2, -0.15) is 9.98 Å². The van der Waals surface area contributed by atoms with Crippen molar-refractivity contribution in [1.29, 1.82) is 0 Å². The van der Waals surface area contributed by atoms with Crippen molar-refractivity contribution in [2.45, 2.75) is 24.9 Å². The average Bonchev–Trinajstić information content (AvgIpc) is 2.47. The lowest BCUT2D eigenvalue weighted by atomic mass is 9.99. The fraction of sp³-hybridized carbons (Fsp3) is 0.429. The molecular formula is C14H14Cl2N2O2. The van der Waals surface area contributed by atoms with Crippen LogP contribution in [0.1, 0.15) is 36.1 Å². The Bertz CT molecular complexity index is 459. The van der Waals surface area contributed by atoms with Gasteiger partial charge in [0, 0.05) is 11.8 Å². The molecule has 0 saturated carbocycles. The molecule has 0 aliphatic heterocycles. The number of rotatable bonds is 8. The van der Waals surface area contributed by atoms with Gasteiger partial charge in [-0.15, -0.1) is 23.2 Å². The fourth-order valence-electron chi connectivity index (χ4n) is 1.89. The summed E-state index contributed by atoms with van der Waals surface area (Å²) in [6, 6.07) is 6.79. The summed E-state index contributed by atoms with van der Waals surface area (Å²) in [6.45, 7) is 0. The monoisotopic (exact) mass is 312 g/mol. The van der Waals surface area contributed by atoms with Gasteiger partial charge < -0.3 is 0 Å². The van der Waals surface area contributed by atoms with Gasteiger partial charge in [0.2, 0.25) is 12.2 Å². The summed E-state index contributed by atoms with van der Waals surface area (Å²) >= 11 is 11.4. The number of isocyanates is 2. The molecule has 0 radical (unpaired) electrons. The first-order valence-electron chi connectivity index (χ1n) is 6.12. The number of hydrogen-bond acceptors (Lipinski definition) is 4. The van der Waals surface area contributed by atoms with E-state index in [0.717, 1.165) is 11.1 Å². The van der Waals surface area contributed by atoms with Gasteiger partial charge in [0.1, 0.15) is 0 Å². The van der Waals surface area contributed by atoms with E-state index in [9.17, 15) is 9.59 Å². The summed E-state index contributed by atoms with van der Waals surface area (Å²) in [6.07, 6.45) is 4.24. The van der Waals surface area contributed by atoms with Crippen LogP contribution in [0.15, 0.2) is 34.3 Å². The number of benzene rings is 1. The maximum Gasteiger partial charge on any atom is 0.235 e. The van der Waals surface area contributed by atoms with Crippen molar-refractivity contribution >= 4 is 35.4 Å². The predicted octanol–water partition coefficient (Wildman–Crippen LogP) is 3.70. The molecule has 1 rings (SSSR count). The Morgan fingerprint density at radius 1 is 0.850 bits per heavy atom. The Kier molecular flexibility index (Phi) is 7.86. The van der Waals surface area contributed by atoms with Gasteiger partial charge >= 0.3 is 0 Å². The lowest BCUT2D eigenvalue weighted by molar-refractivity contribution is 0.554. The molecule has 0 fully saturated rings. The van der Waals surface area contributed by atoms with Crippen molar-refractivity contribution in [1.82, 2.24) is 0 Å². The third kappa shape index (κ3) is 4.92. The zero-order chi connectivity index (χ0) is 14.8. The molecule has 0 heterocycles. The van der Waals surface area contributed by atoms with E-state index in [2.05, 4.69) is 9.98 Å². The highest BCUT2D eigenvalue weighted by molar-refractivity contribution is 6.18. The third-order valence-corrected chi connectivity index (χ3v) is 3.32. The van der Waals surface area contributed by atoms with Crippen LogP contribution in [0.5, 0.6) is 0 Å². The molecule has 0 aliphatic rings. The summed E-state index contributed by atoms with van der Waals surface area (Å²) in [4.78, 5) is 28.3. The second-order valence-electron chi connectivity index (χ2n) is 4.09. The highest BCUT2D eigenvalue weighted by Gasteiger charge is 2.13. The Hall–Kier alpha value is -1.44. The number of carbonyl (C=O) groups excluding carboxylic acids is 2. The van der Waals surface area contributed by atoms with E-state index < -0.39 is 0 Å². The van der Waals surface area contributed by atoms with Gasteiger partial charge in [-0.3, -0.25) is 0 Å². The van der Waals surface area contributed by atoms with Crippen LogP contribution in [0.2, 0.25) is 0 Å². The van der Waals surface area contributed by atoms with E-state index in [1.54, 1.807) is 12.2 Å². The van der Waals surface area contributed by atoms with Gasteiger partial charge in [0.15, 0.2) is 0 Å². The predicted molar refractivity (Wildman–Crippen MR) is 78.8 cm³/mol. The highest BCUT2D eigenvalue weighted by atomic mass is 35.5. The zero-order valence-electron chi connectivity index (χ0n) is 10.8. The Morgan fingerprint density at radius 2 is 1.20 bits per heavy atom. The molecule has 1 aromatic rings. The van der Waals surface area contributed by atoms with Crippen molar-refractivity contribution in [2.24, 2.45) is 9.98 Å². The van der Waals surface area contributed by atoms with Crippen molar-refractivity contribution in [2.75, 3.05) is 11.8 Å². The number of hydrogen-bond donors (Lipinski definition) is 0. The van der Waals surface area contributed by atoms with E-state index >= 15 is 0 Å². The maximum absolute atomic E-state index is 10.4. The summed E-state index contributed by atoms with van der Waals surface area (Å²) in [5.41, 5.74) is 1.75. The van der Waals surface area contributed by atoms with Crippen LogP contribution in [0.3, 0.4) is 0 Å². The van der Waals surface area contributed by atoms with Crippen LogP contribution >= 0.6 is 23.2 Å². The van der Waals surface area contributed by atoms with Crippen LogP contribution in [0.25, 0.3) is 0 Å². The molecule has 6 heteroatoms. The molecule has 106 valence electrons. The number of aliphatic imine (C=N–C) groups is 2. The van der Waals surface area contributed by atoms with E-state index in [1.807, 2.05) is 24.3 Å². The van der Waals surface area contributed by atoms with E-state index in [4.69, 9.17) is 23.2 Å². The topological polar surface area (TPSA) is 58.9 Å². The molecule has 0 spiro atoms. The van der Waals surface area contributed by atoms with E-state index in [1.165, 1.54) is 0 Å². The van der Waals surface area contributed by atoms with Gasteiger partial charge in [0.05, 0.1) is 12.1 Å². The molecule has 1 aromatic carbocycles. The molecule has 2 atom stereocenters. The SMILES string of the molecule is O=C=NC(CCCl)c1ccc(C(CCCl)N=C=O)cc1. The number of alkyl halides is 2. The number of halogens is 2. The average molecular weight is 313 g/mol. The molecule has 0 aliphatic carbocycles. The molecule has 2 unspecified atom stereocenters. The molecule has 0 saturated heterocycles. The highest BCUT2D eigenvalue weighted by Crippen LogP contribution is 2.26. The van der Waals surface area contributed by atoms with Crippen molar-refractivity contribution in [3.8, 4) is 0 Å². The Balaban J connectivity index is 2.95. The van der Waals surface area contributed by atoms with Crippen LogP contribution in [0.4, 0.5) is 0 Å². The minimum Gasteiger partial charge on any atom is -0.211 e. The van der Waals surface area contributed by atoms with Crippen molar-refractivity contribution in [3.05, 3.63) is 35.4 Å². The Morgan fingerprint density at radius 3 is 1.45 bits per heavy atom. The molecule has 0 bridgehead atoms. The second-order valence-corrected chi connectivity index (χ2v) is 4.85. The van der Waals surface area contributed by atoms with Crippen molar-refractivity contribution in [3.63, 3.8) is 0 Å². The van der Waals surface area contributed by atoms with Gasteiger partial charge in [-0.1, -0.05) is 24.3 Å². The van der Waals surface area contributed by atoms with Crippen molar-refractivity contribution < 1.29 is 9.59 Å². The van der Waals surface area contributed by atoms with Crippen LogP contribution in [-0.4, -0.2) is 23.9 Å². The lowest BCUT2D eigenvalue weighted by Gasteiger charge is -2.13. The molecule has 4 nitrogen and oxygen atoms in total. The summed E-state index contributed by atoms with van der Waals surface area (Å²) in [5, 5.41) is 0. The second kappa shape index (κ2) is 9.46. The quantitative estimate of drug-likeness (QED) is 0.417. The normalized spacial score (nSPS) is 12.9. The van der Waals surface area contributed by atoms with E-state index in [-0.39, 0.29) is 12.1 Å². The minimum absolute atomic E-state index is 0.292. The zero-order valence-corrected chi connectivity index (χ0v) is 12.3. The first kappa shape index (κ1) is 16.6. The van der Waals surface area contributed by atoms with Crippen LogP contribution < -0.4 is 0 Å². The van der Waals surface area contributed by atoms with Crippen LogP contribution in [-0.2, 0) is 9.59 Å². The molecule has 0 amide bonds. The molecular weight excluding hydrogens is 299 g/mol. The lowest BCUT2D eigenvalue weighted by Crippen LogP contribution is -2.00. The van der Waals surface area contributed by atoms with Crippen LogP contribution in [0, 0.1) is 0 Å². The smallest absolute Gasteiger partial charge is 0.211 e. The van der Waals surface area contributed by atoms with Gasteiger partial charge in [-0.25, -0.2) is 9.59 Å². The summed E-state index contributed by atoms with van der Waals surface area (Å²) in [7, 11) is 0. The maximum atomic E-state index is 10.4. The van der Waals surface area contributed by atoms with Gasteiger partial charge in [0.25, 0.3) is 0 Å². The standard InChI is InChI=1S/C14H14Cl2N2O2/c15-7-5-13(17-9-19)11-1-2-12(4-3-11)14(6-8-16)18-10-20/h1-4,13-14H,5-8H2.